The Labute approximate surface area is 132 Å². The predicted octanol–water partition coefficient (Wildman–Crippen LogP) is 7.21. The van der Waals surface area contributed by atoms with Crippen LogP contribution in [0.3, 0.4) is 0 Å². The maximum atomic E-state index is 8.58. The van der Waals surface area contributed by atoms with Crippen molar-refractivity contribution < 1.29 is 10.2 Å². The summed E-state index contributed by atoms with van der Waals surface area (Å²) in [6.07, 6.45) is 22.8. The molecule has 0 aromatic rings. The van der Waals surface area contributed by atoms with Crippen molar-refractivity contribution in [2.24, 2.45) is 0 Å². The van der Waals surface area contributed by atoms with Gasteiger partial charge in [-0.1, -0.05) is 96.8 Å². The molecule has 2 heteroatoms. The van der Waals surface area contributed by atoms with Gasteiger partial charge in [0.1, 0.15) is 0 Å². The molecule has 0 aliphatic rings. The van der Waals surface area contributed by atoms with Crippen LogP contribution < -0.4 is 0 Å². The van der Waals surface area contributed by atoms with Crippen LogP contribution in [0.25, 0.3) is 0 Å². The van der Waals surface area contributed by atoms with E-state index in [1.54, 1.807) is 0 Å². The first-order valence-electron chi connectivity index (χ1n) is 9.35. The Bertz CT molecular complexity index is 220. The molecule has 0 radical (unpaired) electrons. The second kappa shape index (κ2) is 17.4. The number of rotatable bonds is 16. The van der Waals surface area contributed by atoms with E-state index in [1.165, 1.54) is 96.0 Å². The topological polar surface area (TPSA) is 40.5 Å². The van der Waals surface area contributed by atoms with Crippen LogP contribution in [-0.2, 0) is 0 Å². The standard InChI is InChI=1S/C19H38O2/c1-2-3-4-5-6-7-8-9-10-11-12-13-14-15-16-17-18-19(20)21/h18,20-21H,2-17H2,1H3. The fourth-order valence-electron chi connectivity index (χ4n) is 2.75. The van der Waals surface area contributed by atoms with Crippen LogP contribution in [0.4, 0.5) is 0 Å². The number of hydrogen-bond donors (Lipinski definition) is 2. The van der Waals surface area contributed by atoms with Gasteiger partial charge in [-0.2, -0.15) is 0 Å². The second-order valence-corrected chi connectivity index (χ2v) is 6.30. The monoisotopic (exact) mass is 298 g/mol. The molecule has 0 bridgehead atoms. The maximum Gasteiger partial charge on any atom is 0.269 e. The third kappa shape index (κ3) is 19.3. The Hall–Kier alpha value is -0.660. The lowest BCUT2D eigenvalue weighted by Gasteiger charge is -2.03. The molecule has 0 amide bonds. The number of aliphatic hydroxyl groups excluding tert-OH is 1. The van der Waals surface area contributed by atoms with Crippen molar-refractivity contribution in [3.63, 3.8) is 0 Å². The Morgan fingerprint density at radius 1 is 0.571 bits per heavy atom. The van der Waals surface area contributed by atoms with E-state index < -0.39 is 5.95 Å². The Kier molecular flexibility index (Phi) is 16.8. The summed E-state index contributed by atoms with van der Waals surface area (Å²) in [5, 5.41) is 17.2. The van der Waals surface area contributed by atoms with Gasteiger partial charge < -0.3 is 10.2 Å². The van der Waals surface area contributed by atoms with E-state index in [-0.39, 0.29) is 0 Å². The predicted molar refractivity (Wildman–Crippen MR) is 92.9 cm³/mol. The molecule has 126 valence electrons. The molecule has 0 unspecified atom stereocenters. The summed E-state index contributed by atoms with van der Waals surface area (Å²) in [4.78, 5) is 0. The van der Waals surface area contributed by atoms with E-state index >= 15 is 0 Å². The average Bonchev–Trinajstić information content (AvgIpc) is 2.46. The highest BCUT2D eigenvalue weighted by Gasteiger charge is 1.94. The number of unbranched alkanes of at least 4 members (excludes halogenated alkanes) is 15. The van der Waals surface area contributed by atoms with E-state index in [2.05, 4.69) is 6.92 Å². The highest BCUT2D eigenvalue weighted by molar-refractivity contribution is 4.78. The summed E-state index contributed by atoms with van der Waals surface area (Å²) in [5.74, 6) is -0.527. The van der Waals surface area contributed by atoms with E-state index in [1.807, 2.05) is 0 Å². The summed E-state index contributed by atoms with van der Waals surface area (Å²) in [6.45, 7) is 2.27. The molecular formula is C19H38O2. The summed E-state index contributed by atoms with van der Waals surface area (Å²) in [6, 6.07) is 0. The first kappa shape index (κ1) is 20.3. The molecule has 0 aromatic heterocycles. The molecule has 0 saturated heterocycles. The minimum atomic E-state index is -0.527. The van der Waals surface area contributed by atoms with Crippen molar-refractivity contribution in [1.29, 1.82) is 0 Å². The third-order valence-corrected chi connectivity index (χ3v) is 4.13. The summed E-state index contributed by atoms with van der Waals surface area (Å²) < 4.78 is 0. The Morgan fingerprint density at radius 2 is 0.905 bits per heavy atom. The van der Waals surface area contributed by atoms with Crippen molar-refractivity contribution in [3.05, 3.63) is 12.0 Å². The molecule has 2 nitrogen and oxygen atoms in total. The van der Waals surface area contributed by atoms with Gasteiger partial charge in [-0.15, -0.1) is 0 Å². The van der Waals surface area contributed by atoms with Crippen LogP contribution in [0.5, 0.6) is 0 Å². The van der Waals surface area contributed by atoms with Crippen LogP contribution >= 0.6 is 0 Å². The molecule has 2 N–H and O–H groups in total. The molecule has 0 rings (SSSR count). The van der Waals surface area contributed by atoms with E-state index in [0.717, 1.165) is 12.8 Å². The lowest BCUT2D eigenvalue weighted by molar-refractivity contribution is 0.189. The molecule has 0 aliphatic heterocycles. The van der Waals surface area contributed by atoms with Gasteiger partial charge in [-0.25, -0.2) is 0 Å². The van der Waals surface area contributed by atoms with Crippen molar-refractivity contribution in [2.45, 2.75) is 110 Å². The van der Waals surface area contributed by atoms with Crippen LogP contribution in [-0.4, -0.2) is 10.2 Å². The van der Waals surface area contributed by atoms with E-state index in [0.29, 0.717) is 0 Å². The minimum absolute atomic E-state index is 0.527. The molecule has 0 saturated carbocycles. The molecule has 0 fully saturated rings. The van der Waals surface area contributed by atoms with Gasteiger partial charge in [0.05, 0.1) is 0 Å². The van der Waals surface area contributed by atoms with Gasteiger partial charge in [0.15, 0.2) is 0 Å². The largest absolute Gasteiger partial charge is 0.481 e. The van der Waals surface area contributed by atoms with Gasteiger partial charge in [0, 0.05) is 0 Å². The van der Waals surface area contributed by atoms with Crippen LogP contribution in [0.1, 0.15) is 110 Å². The summed E-state index contributed by atoms with van der Waals surface area (Å²) in [7, 11) is 0. The van der Waals surface area contributed by atoms with Gasteiger partial charge in [-0.05, 0) is 18.9 Å². The van der Waals surface area contributed by atoms with Crippen molar-refractivity contribution in [3.8, 4) is 0 Å². The molecule has 0 spiro atoms. The highest BCUT2D eigenvalue weighted by Crippen LogP contribution is 2.13. The van der Waals surface area contributed by atoms with Gasteiger partial charge in [0.25, 0.3) is 5.95 Å². The smallest absolute Gasteiger partial charge is 0.269 e. The Morgan fingerprint density at radius 3 is 1.24 bits per heavy atom. The summed E-state index contributed by atoms with van der Waals surface area (Å²) in [5.41, 5.74) is 0. The molecule has 0 aliphatic carbocycles. The number of hydrogen-bond acceptors (Lipinski definition) is 2. The van der Waals surface area contributed by atoms with Crippen LogP contribution in [0.15, 0.2) is 12.0 Å². The van der Waals surface area contributed by atoms with Crippen molar-refractivity contribution in [2.75, 3.05) is 0 Å². The quantitative estimate of drug-likeness (QED) is 0.233. The lowest BCUT2D eigenvalue weighted by Crippen LogP contribution is -1.83. The van der Waals surface area contributed by atoms with Crippen LogP contribution in [0, 0.1) is 0 Å². The third-order valence-electron chi connectivity index (χ3n) is 4.13. The van der Waals surface area contributed by atoms with Gasteiger partial charge in [-0.3, -0.25) is 0 Å². The number of allylic oxidation sites excluding steroid dienone is 1. The normalized spacial score (nSPS) is 10.7. The molecule has 21 heavy (non-hydrogen) atoms. The lowest BCUT2D eigenvalue weighted by atomic mass is 10.0. The first-order chi connectivity index (χ1) is 10.3. The van der Waals surface area contributed by atoms with Crippen LogP contribution in [0.2, 0.25) is 0 Å². The fourth-order valence-corrected chi connectivity index (χ4v) is 2.75. The summed E-state index contributed by atoms with van der Waals surface area (Å²) >= 11 is 0. The minimum Gasteiger partial charge on any atom is -0.481 e. The zero-order chi connectivity index (χ0) is 15.6. The zero-order valence-corrected chi connectivity index (χ0v) is 14.3. The number of aliphatic hydroxyl groups is 2. The van der Waals surface area contributed by atoms with Crippen molar-refractivity contribution >= 4 is 0 Å². The molecule has 0 heterocycles. The SMILES string of the molecule is CCCCCCCCCCCCCCCCCC=C(O)O. The highest BCUT2D eigenvalue weighted by atomic mass is 16.5. The molecule has 0 aromatic carbocycles. The zero-order valence-electron chi connectivity index (χ0n) is 14.3. The van der Waals surface area contributed by atoms with E-state index in [9.17, 15) is 0 Å². The molecular weight excluding hydrogens is 260 g/mol. The second-order valence-electron chi connectivity index (χ2n) is 6.30. The Balaban J connectivity index is 2.98. The average molecular weight is 299 g/mol. The van der Waals surface area contributed by atoms with Gasteiger partial charge >= 0.3 is 0 Å². The fraction of sp³-hybridized carbons (Fsp3) is 0.895. The van der Waals surface area contributed by atoms with Crippen molar-refractivity contribution in [1.82, 2.24) is 0 Å². The van der Waals surface area contributed by atoms with Gasteiger partial charge in [0.2, 0.25) is 0 Å². The first-order valence-corrected chi connectivity index (χ1v) is 9.35. The molecule has 0 atom stereocenters. The van der Waals surface area contributed by atoms with E-state index in [4.69, 9.17) is 10.2 Å². The maximum absolute atomic E-state index is 8.58.